The van der Waals surface area contributed by atoms with E-state index in [0.29, 0.717) is 5.75 Å². The molecule has 1 heterocycles. The number of nitrogens with zero attached hydrogens (tertiary/aromatic N) is 2. The van der Waals surface area contributed by atoms with Crippen LogP contribution in [0.4, 0.5) is 0 Å². The lowest BCUT2D eigenvalue weighted by Crippen LogP contribution is -2.22. The molecule has 0 aliphatic rings. The fourth-order valence-corrected chi connectivity index (χ4v) is 3.08. The van der Waals surface area contributed by atoms with Crippen LogP contribution in [0, 0.1) is 20.8 Å². The van der Waals surface area contributed by atoms with Gasteiger partial charge in [-0.2, -0.15) is 5.10 Å². The van der Waals surface area contributed by atoms with Gasteiger partial charge in [0.25, 0.3) is 5.91 Å². The number of hydrogen-bond acceptors (Lipinski definition) is 3. The third-order valence-electron chi connectivity index (χ3n) is 3.95. The summed E-state index contributed by atoms with van der Waals surface area (Å²) in [6.45, 7) is 8.01. The number of carbonyl (C=O) groups is 1. The van der Waals surface area contributed by atoms with Crippen LogP contribution in [0.2, 0.25) is 0 Å². The first-order valence-electron chi connectivity index (χ1n) is 7.91. The van der Waals surface area contributed by atoms with Crippen molar-refractivity contribution in [3.63, 3.8) is 0 Å². The zero-order chi connectivity index (χ0) is 17.0. The van der Waals surface area contributed by atoms with Crippen LogP contribution < -0.4 is 4.74 Å². The first-order valence-corrected chi connectivity index (χ1v) is 8.70. The van der Waals surface area contributed by atoms with Crippen molar-refractivity contribution >= 4 is 21.8 Å². The smallest absolute Gasteiger partial charge is 0.284 e. The molecule has 0 N–H and O–H groups in total. The maximum Gasteiger partial charge on any atom is 0.284 e. The SMILES string of the molecule is CCCCc1c(C)nn(C(=O)COc2ccc(Br)cc2C)c1C. The zero-order valence-corrected chi connectivity index (χ0v) is 15.7. The quantitative estimate of drug-likeness (QED) is 0.735. The van der Waals surface area contributed by atoms with Crippen LogP contribution in [-0.2, 0) is 6.42 Å². The topological polar surface area (TPSA) is 44.1 Å². The van der Waals surface area contributed by atoms with Crippen molar-refractivity contribution in [3.8, 4) is 5.75 Å². The second-order valence-electron chi connectivity index (χ2n) is 5.76. The lowest BCUT2D eigenvalue weighted by molar-refractivity contribution is 0.0817. The van der Waals surface area contributed by atoms with Gasteiger partial charge in [-0.1, -0.05) is 29.3 Å². The third kappa shape index (κ3) is 4.22. The third-order valence-corrected chi connectivity index (χ3v) is 4.44. The van der Waals surface area contributed by atoms with Crippen LogP contribution in [-0.4, -0.2) is 22.3 Å². The number of aryl methyl sites for hydroxylation is 2. The minimum atomic E-state index is -0.143. The largest absolute Gasteiger partial charge is 0.483 e. The Kier molecular flexibility index (Phi) is 5.99. The summed E-state index contributed by atoms with van der Waals surface area (Å²) in [5.41, 5.74) is 4.03. The van der Waals surface area contributed by atoms with Gasteiger partial charge in [-0.25, -0.2) is 4.68 Å². The molecule has 0 fully saturated rings. The first-order chi connectivity index (χ1) is 10.9. The maximum atomic E-state index is 12.4. The van der Waals surface area contributed by atoms with E-state index in [-0.39, 0.29) is 12.5 Å². The lowest BCUT2D eigenvalue weighted by Gasteiger charge is -2.09. The number of benzene rings is 1. The molecule has 0 aliphatic carbocycles. The number of hydrogen-bond donors (Lipinski definition) is 0. The van der Waals surface area contributed by atoms with Gasteiger partial charge in [0.15, 0.2) is 6.61 Å². The fourth-order valence-electron chi connectivity index (χ4n) is 2.61. The number of rotatable bonds is 6. The van der Waals surface area contributed by atoms with E-state index in [2.05, 4.69) is 28.0 Å². The molecule has 0 saturated carbocycles. The van der Waals surface area contributed by atoms with Crippen LogP contribution in [0.15, 0.2) is 22.7 Å². The summed E-state index contributed by atoms with van der Waals surface area (Å²) < 4.78 is 8.14. The number of aromatic nitrogens is 2. The molecule has 1 aromatic carbocycles. The van der Waals surface area contributed by atoms with E-state index in [1.807, 2.05) is 39.0 Å². The molecule has 0 radical (unpaired) electrons. The van der Waals surface area contributed by atoms with E-state index in [1.165, 1.54) is 10.2 Å². The molecule has 0 amide bonds. The summed E-state index contributed by atoms with van der Waals surface area (Å²) in [6, 6.07) is 5.73. The van der Waals surface area contributed by atoms with Gasteiger partial charge in [0.2, 0.25) is 0 Å². The van der Waals surface area contributed by atoms with Gasteiger partial charge >= 0.3 is 0 Å². The minimum Gasteiger partial charge on any atom is -0.483 e. The molecule has 0 spiro atoms. The molecular formula is C18H23BrN2O2. The van der Waals surface area contributed by atoms with Gasteiger partial charge < -0.3 is 4.74 Å². The van der Waals surface area contributed by atoms with E-state index in [9.17, 15) is 4.79 Å². The van der Waals surface area contributed by atoms with E-state index < -0.39 is 0 Å². The summed E-state index contributed by atoms with van der Waals surface area (Å²) in [5.74, 6) is 0.574. The average molecular weight is 379 g/mol. The Hall–Kier alpha value is -1.62. The lowest BCUT2D eigenvalue weighted by atomic mass is 10.1. The molecule has 5 heteroatoms. The van der Waals surface area contributed by atoms with E-state index >= 15 is 0 Å². The molecule has 0 atom stereocenters. The minimum absolute atomic E-state index is 0.0162. The highest BCUT2D eigenvalue weighted by atomic mass is 79.9. The van der Waals surface area contributed by atoms with Crippen LogP contribution in [0.1, 0.15) is 47.1 Å². The first kappa shape index (κ1) is 17.7. The highest BCUT2D eigenvalue weighted by Gasteiger charge is 2.16. The van der Waals surface area contributed by atoms with E-state index in [1.54, 1.807) is 0 Å². The Bertz CT molecular complexity index is 707. The molecule has 2 aromatic rings. The van der Waals surface area contributed by atoms with Gasteiger partial charge in [0.05, 0.1) is 5.69 Å². The maximum absolute atomic E-state index is 12.4. The molecule has 124 valence electrons. The predicted molar refractivity (Wildman–Crippen MR) is 95.3 cm³/mol. The van der Waals surface area contributed by atoms with Gasteiger partial charge in [0.1, 0.15) is 5.75 Å². The van der Waals surface area contributed by atoms with Gasteiger partial charge in [-0.15, -0.1) is 0 Å². The molecule has 2 rings (SSSR count). The Labute approximate surface area is 146 Å². The van der Waals surface area contributed by atoms with Crippen molar-refractivity contribution in [1.82, 2.24) is 9.78 Å². The summed E-state index contributed by atoms with van der Waals surface area (Å²) in [7, 11) is 0. The molecule has 0 bridgehead atoms. The van der Waals surface area contributed by atoms with Crippen LogP contribution >= 0.6 is 15.9 Å². The van der Waals surface area contributed by atoms with Crippen molar-refractivity contribution in [2.45, 2.75) is 47.0 Å². The van der Waals surface area contributed by atoms with Crippen LogP contribution in [0.25, 0.3) is 0 Å². The van der Waals surface area contributed by atoms with E-state index in [4.69, 9.17) is 4.74 Å². The monoisotopic (exact) mass is 378 g/mol. The van der Waals surface area contributed by atoms with Crippen molar-refractivity contribution in [3.05, 3.63) is 45.2 Å². The van der Waals surface area contributed by atoms with Crippen molar-refractivity contribution in [2.75, 3.05) is 6.61 Å². The molecule has 0 aliphatic heterocycles. The second-order valence-corrected chi connectivity index (χ2v) is 6.67. The fraction of sp³-hybridized carbons (Fsp3) is 0.444. The molecule has 23 heavy (non-hydrogen) atoms. The Balaban J connectivity index is 2.09. The zero-order valence-electron chi connectivity index (χ0n) is 14.1. The van der Waals surface area contributed by atoms with Crippen LogP contribution in [0.5, 0.6) is 5.75 Å². The van der Waals surface area contributed by atoms with E-state index in [0.717, 1.165) is 40.7 Å². The van der Waals surface area contributed by atoms with Crippen molar-refractivity contribution < 1.29 is 9.53 Å². The number of ether oxygens (including phenoxy) is 1. The average Bonchev–Trinajstić information content (AvgIpc) is 2.79. The Morgan fingerprint density at radius 1 is 1.30 bits per heavy atom. The normalized spacial score (nSPS) is 10.8. The molecule has 0 saturated heterocycles. The van der Waals surface area contributed by atoms with Crippen molar-refractivity contribution in [1.29, 1.82) is 0 Å². The van der Waals surface area contributed by atoms with Gasteiger partial charge in [0, 0.05) is 10.2 Å². The van der Waals surface area contributed by atoms with Gasteiger partial charge in [-0.05, 0) is 62.9 Å². The summed E-state index contributed by atoms with van der Waals surface area (Å²) in [6.07, 6.45) is 3.20. The number of carbonyl (C=O) groups excluding carboxylic acids is 1. The van der Waals surface area contributed by atoms with Crippen molar-refractivity contribution in [2.24, 2.45) is 0 Å². The molecule has 1 aromatic heterocycles. The Morgan fingerprint density at radius 2 is 2.04 bits per heavy atom. The number of halogens is 1. The Morgan fingerprint density at radius 3 is 2.70 bits per heavy atom. The second kappa shape index (κ2) is 7.77. The molecule has 4 nitrogen and oxygen atoms in total. The van der Waals surface area contributed by atoms with Crippen LogP contribution in [0.3, 0.4) is 0 Å². The highest BCUT2D eigenvalue weighted by Crippen LogP contribution is 2.22. The standard InChI is InChI=1S/C18H23BrN2O2/c1-5-6-7-16-13(3)20-21(14(16)4)18(22)11-23-17-9-8-15(19)10-12(17)2/h8-10H,5-7,11H2,1-4H3. The molecular weight excluding hydrogens is 356 g/mol. The summed E-state index contributed by atoms with van der Waals surface area (Å²) in [5, 5.41) is 4.39. The number of unbranched alkanes of at least 4 members (excludes halogenated alkanes) is 1. The summed E-state index contributed by atoms with van der Waals surface area (Å²) in [4.78, 5) is 12.4. The summed E-state index contributed by atoms with van der Waals surface area (Å²) >= 11 is 3.42. The highest BCUT2D eigenvalue weighted by molar-refractivity contribution is 9.10. The molecule has 0 unspecified atom stereocenters. The van der Waals surface area contributed by atoms with Gasteiger partial charge in [-0.3, -0.25) is 4.79 Å². The predicted octanol–water partition coefficient (Wildman–Crippen LogP) is 4.63.